The standard InChI is InChI=1S/C48H31NO/c1-3-11-32(12-4-1)40-26-23-38(30-44(40)33-13-5-2-6-14-33)49(39-25-28-47-45(31-39)43-17-9-10-18-46(43)50-47)37-24-27-42-36(29-37)22-21-35-20-19-34-15-7-8-16-41(34)48(35)42/h1-31H. The molecule has 0 atom stereocenters. The molecule has 1 aromatic heterocycles. The highest BCUT2D eigenvalue weighted by molar-refractivity contribution is 6.20. The van der Waals surface area contributed by atoms with Gasteiger partial charge in [0.1, 0.15) is 11.2 Å². The second kappa shape index (κ2) is 11.5. The van der Waals surface area contributed by atoms with Crippen LogP contribution in [0.5, 0.6) is 0 Å². The van der Waals surface area contributed by atoms with Crippen molar-refractivity contribution >= 4 is 71.3 Å². The first kappa shape index (κ1) is 28.4. The summed E-state index contributed by atoms with van der Waals surface area (Å²) in [5, 5.41) is 9.76. The molecule has 50 heavy (non-hydrogen) atoms. The Morgan fingerprint density at radius 3 is 1.70 bits per heavy atom. The van der Waals surface area contributed by atoms with Gasteiger partial charge in [-0.3, -0.25) is 0 Å². The second-order valence-corrected chi connectivity index (χ2v) is 12.9. The van der Waals surface area contributed by atoms with Crippen molar-refractivity contribution in [2.75, 3.05) is 4.90 Å². The molecule has 234 valence electrons. The summed E-state index contributed by atoms with van der Waals surface area (Å²) in [6.07, 6.45) is 0. The van der Waals surface area contributed by atoms with Gasteiger partial charge >= 0.3 is 0 Å². The molecule has 0 radical (unpaired) electrons. The molecular formula is C48H31NO. The first-order valence-corrected chi connectivity index (χ1v) is 17.1. The van der Waals surface area contributed by atoms with Crippen LogP contribution < -0.4 is 4.90 Å². The topological polar surface area (TPSA) is 16.4 Å². The van der Waals surface area contributed by atoms with E-state index >= 15 is 0 Å². The molecule has 2 heteroatoms. The molecule has 0 aliphatic carbocycles. The van der Waals surface area contributed by atoms with Crippen LogP contribution in [0.1, 0.15) is 0 Å². The lowest BCUT2D eigenvalue weighted by molar-refractivity contribution is 0.669. The highest BCUT2D eigenvalue weighted by Gasteiger charge is 2.19. The first-order valence-electron chi connectivity index (χ1n) is 17.1. The van der Waals surface area contributed by atoms with E-state index in [1.807, 2.05) is 12.1 Å². The summed E-state index contributed by atoms with van der Waals surface area (Å²) in [6, 6.07) is 67.6. The van der Waals surface area contributed by atoms with Gasteiger partial charge in [-0.25, -0.2) is 0 Å². The normalized spacial score (nSPS) is 11.6. The SMILES string of the molecule is c1ccc(-c2ccc(N(c3ccc4c(ccc5ccc6ccccc6c54)c3)c3ccc4oc5ccccc5c4c3)cc2-c2ccccc2)cc1. The van der Waals surface area contributed by atoms with Gasteiger partial charge < -0.3 is 9.32 Å². The van der Waals surface area contributed by atoms with Gasteiger partial charge in [-0.05, 0) is 103 Å². The third-order valence-electron chi connectivity index (χ3n) is 10.0. The van der Waals surface area contributed by atoms with Crippen LogP contribution in [0.15, 0.2) is 192 Å². The molecule has 0 N–H and O–H groups in total. The molecule has 9 aromatic carbocycles. The van der Waals surface area contributed by atoms with Gasteiger partial charge in [0.25, 0.3) is 0 Å². The smallest absolute Gasteiger partial charge is 0.135 e. The number of para-hydroxylation sites is 1. The van der Waals surface area contributed by atoms with E-state index in [1.54, 1.807) is 0 Å². The van der Waals surface area contributed by atoms with Crippen LogP contribution in [0.25, 0.3) is 76.5 Å². The van der Waals surface area contributed by atoms with Gasteiger partial charge in [0.05, 0.1) is 0 Å². The van der Waals surface area contributed by atoms with Gasteiger partial charge in [-0.1, -0.05) is 140 Å². The Hall–Kier alpha value is -6.64. The zero-order chi connectivity index (χ0) is 33.0. The fourth-order valence-corrected chi connectivity index (χ4v) is 7.66. The van der Waals surface area contributed by atoms with Crippen LogP contribution in [0.3, 0.4) is 0 Å². The zero-order valence-electron chi connectivity index (χ0n) is 27.3. The van der Waals surface area contributed by atoms with Gasteiger partial charge in [0, 0.05) is 27.8 Å². The lowest BCUT2D eigenvalue weighted by atomic mass is 9.93. The molecule has 0 aliphatic heterocycles. The van der Waals surface area contributed by atoms with Crippen LogP contribution in [0, 0.1) is 0 Å². The maximum Gasteiger partial charge on any atom is 0.135 e. The number of hydrogen-bond donors (Lipinski definition) is 0. The van der Waals surface area contributed by atoms with E-state index in [9.17, 15) is 0 Å². The maximum absolute atomic E-state index is 6.26. The molecule has 0 fully saturated rings. The third kappa shape index (κ3) is 4.65. The Morgan fingerprint density at radius 2 is 0.880 bits per heavy atom. The number of nitrogens with zero attached hydrogens (tertiary/aromatic N) is 1. The summed E-state index contributed by atoms with van der Waals surface area (Å²) in [5.74, 6) is 0. The van der Waals surface area contributed by atoms with Crippen LogP contribution in [0.2, 0.25) is 0 Å². The summed E-state index contributed by atoms with van der Waals surface area (Å²) in [4.78, 5) is 2.38. The van der Waals surface area contributed by atoms with Crippen LogP contribution in [0.4, 0.5) is 17.1 Å². The molecule has 0 aliphatic rings. The lowest BCUT2D eigenvalue weighted by Crippen LogP contribution is -2.10. The number of hydrogen-bond acceptors (Lipinski definition) is 2. The van der Waals surface area contributed by atoms with Gasteiger partial charge in [-0.15, -0.1) is 0 Å². The number of benzene rings is 9. The maximum atomic E-state index is 6.26. The Labute approximate surface area is 290 Å². The average molecular weight is 638 g/mol. The molecule has 0 amide bonds. The summed E-state index contributed by atoms with van der Waals surface area (Å²) in [7, 11) is 0. The predicted octanol–water partition coefficient (Wildman–Crippen LogP) is 13.8. The summed E-state index contributed by atoms with van der Waals surface area (Å²) < 4.78 is 6.26. The molecule has 0 unspecified atom stereocenters. The van der Waals surface area contributed by atoms with Crippen molar-refractivity contribution in [1.29, 1.82) is 0 Å². The zero-order valence-corrected chi connectivity index (χ0v) is 27.3. The van der Waals surface area contributed by atoms with Crippen LogP contribution in [-0.2, 0) is 0 Å². The first-order chi connectivity index (χ1) is 24.8. The van der Waals surface area contributed by atoms with E-state index in [1.165, 1.54) is 54.6 Å². The number of anilines is 3. The van der Waals surface area contributed by atoms with E-state index in [-0.39, 0.29) is 0 Å². The largest absolute Gasteiger partial charge is 0.456 e. The van der Waals surface area contributed by atoms with Gasteiger partial charge in [0.2, 0.25) is 0 Å². The van der Waals surface area contributed by atoms with Crippen molar-refractivity contribution in [3.05, 3.63) is 188 Å². The molecular weight excluding hydrogens is 607 g/mol. The van der Waals surface area contributed by atoms with Crippen LogP contribution in [-0.4, -0.2) is 0 Å². The fraction of sp³-hybridized carbons (Fsp3) is 0. The molecule has 0 spiro atoms. The van der Waals surface area contributed by atoms with Gasteiger partial charge in [-0.2, -0.15) is 0 Å². The fourth-order valence-electron chi connectivity index (χ4n) is 7.66. The van der Waals surface area contributed by atoms with E-state index in [2.05, 4.69) is 181 Å². The minimum Gasteiger partial charge on any atom is -0.456 e. The average Bonchev–Trinajstić information content (AvgIpc) is 3.56. The van der Waals surface area contributed by atoms with Crippen LogP contribution >= 0.6 is 0 Å². The Morgan fingerprint density at radius 1 is 0.320 bits per heavy atom. The predicted molar refractivity (Wildman–Crippen MR) is 212 cm³/mol. The molecule has 0 saturated carbocycles. The minimum atomic E-state index is 0.885. The number of rotatable bonds is 5. The molecule has 0 bridgehead atoms. The summed E-state index contributed by atoms with van der Waals surface area (Å²) in [5.41, 5.74) is 9.80. The van der Waals surface area contributed by atoms with E-state index < -0.39 is 0 Å². The molecule has 10 rings (SSSR count). The molecule has 10 aromatic rings. The van der Waals surface area contributed by atoms with E-state index in [0.29, 0.717) is 0 Å². The quantitative estimate of drug-likeness (QED) is 0.175. The van der Waals surface area contributed by atoms with Crippen molar-refractivity contribution in [2.45, 2.75) is 0 Å². The van der Waals surface area contributed by atoms with Crippen molar-refractivity contribution in [3.63, 3.8) is 0 Å². The van der Waals surface area contributed by atoms with E-state index in [0.717, 1.165) is 39.0 Å². The molecule has 0 saturated heterocycles. The summed E-state index contributed by atoms with van der Waals surface area (Å²) in [6.45, 7) is 0. The van der Waals surface area contributed by atoms with Crippen molar-refractivity contribution in [3.8, 4) is 22.3 Å². The Balaban J connectivity index is 1.22. The van der Waals surface area contributed by atoms with Gasteiger partial charge in [0.15, 0.2) is 0 Å². The Kier molecular flexibility index (Phi) is 6.53. The third-order valence-corrected chi connectivity index (χ3v) is 10.0. The van der Waals surface area contributed by atoms with Crippen molar-refractivity contribution in [2.24, 2.45) is 0 Å². The monoisotopic (exact) mass is 637 g/mol. The minimum absolute atomic E-state index is 0.885. The second-order valence-electron chi connectivity index (χ2n) is 12.9. The number of furan rings is 1. The number of fused-ring (bicyclic) bond motifs is 8. The lowest BCUT2D eigenvalue weighted by Gasteiger charge is -2.27. The highest BCUT2D eigenvalue weighted by Crippen LogP contribution is 2.44. The van der Waals surface area contributed by atoms with E-state index in [4.69, 9.17) is 4.42 Å². The molecule has 1 heterocycles. The highest BCUT2D eigenvalue weighted by atomic mass is 16.3. The summed E-state index contributed by atoms with van der Waals surface area (Å²) >= 11 is 0. The van der Waals surface area contributed by atoms with Crippen molar-refractivity contribution < 1.29 is 4.42 Å². The molecule has 2 nitrogen and oxygen atoms in total. The van der Waals surface area contributed by atoms with Crippen molar-refractivity contribution in [1.82, 2.24) is 0 Å². The Bertz CT molecular complexity index is 2870.